The number of carbonyl (C=O) groups is 1. The van der Waals surface area contributed by atoms with E-state index < -0.39 is 0 Å². The molecule has 2 saturated heterocycles. The lowest BCUT2D eigenvalue weighted by Gasteiger charge is -2.39. The first-order chi connectivity index (χ1) is 12.2. The van der Waals surface area contributed by atoms with Crippen molar-refractivity contribution < 1.29 is 9.90 Å². The Morgan fingerprint density at radius 1 is 1.20 bits per heavy atom. The third-order valence-electron chi connectivity index (χ3n) is 5.64. The van der Waals surface area contributed by atoms with Crippen molar-refractivity contribution >= 4 is 5.91 Å². The summed E-state index contributed by atoms with van der Waals surface area (Å²) < 4.78 is 0. The number of rotatable bonds is 3. The van der Waals surface area contributed by atoms with Crippen LogP contribution in [0, 0.1) is 12.8 Å². The summed E-state index contributed by atoms with van der Waals surface area (Å²) in [4.78, 5) is 24.2. The molecule has 130 valence electrons. The van der Waals surface area contributed by atoms with E-state index in [4.69, 9.17) is 0 Å². The number of aryl methyl sites for hydroxylation is 1. The summed E-state index contributed by atoms with van der Waals surface area (Å²) >= 11 is 0. The van der Waals surface area contributed by atoms with Gasteiger partial charge in [-0.05, 0) is 44.7 Å². The number of aliphatic hydroxyl groups is 1. The zero-order chi connectivity index (χ0) is 17.4. The van der Waals surface area contributed by atoms with Gasteiger partial charge >= 0.3 is 0 Å². The summed E-state index contributed by atoms with van der Waals surface area (Å²) in [6.45, 7) is 2.15. The van der Waals surface area contributed by atoms with Gasteiger partial charge in [-0.2, -0.15) is 0 Å². The highest BCUT2D eigenvalue weighted by molar-refractivity contribution is 6.01. The van der Waals surface area contributed by atoms with Crippen molar-refractivity contribution in [2.24, 2.45) is 5.92 Å². The molecule has 0 saturated carbocycles. The molecular weight excluding hydrogens is 314 g/mol. The van der Waals surface area contributed by atoms with Gasteiger partial charge in [-0.25, -0.2) is 9.97 Å². The minimum absolute atomic E-state index is 0.0526. The van der Waals surface area contributed by atoms with E-state index in [0.29, 0.717) is 17.4 Å². The highest BCUT2D eigenvalue weighted by Gasteiger charge is 2.45. The van der Waals surface area contributed by atoms with Gasteiger partial charge in [0.2, 0.25) is 0 Å². The van der Waals surface area contributed by atoms with Crippen LogP contribution in [0.25, 0.3) is 11.4 Å². The second-order valence-corrected chi connectivity index (χ2v) is 7.15. The highest BCUT2D eigenvalue weighted by atomic mass is 16.3. The van der Waals surface area contributed by atoms with Crippen molar-refractivity contribution in [2.75, 3.05) is 6.61 Å². The van der Waals surface area contributed by atoms with Gasteiger partial charge in [0.05, 0.1) is 5.56 Å². The molecule has 0 radical (unpaired) electrons. The Morgan fingerprint density at radius 2 is 1.96 bits per heavy atom. The summed E-state index contributed by atoms with van der Waals surface area (Å²) in [5.41, 5.74) is 2.49. The van der Waals surface area contributed by atoms with Crippen molar-refractivity contribution in [1.29, 1.82) is 0 Å². The second-order valence-electron chi connectivity index (χ2n) is 7.15. The van der Waals surface area contributed by atoms with Crippen LogP contribution in [0.15, 0.2) is 36.7 Å². The Morgan fingerprint density at radius 3 is 2.72 bits per heavy atom. The van der Waals surface area contributed by atoms with Crippen LogP contribution in [-0.2, 0) is 0 Å². The van der Waals surface area contributed by atoms with Crippen molar-refractivity contribution in [3.63, 3.8) is 0 Å². The van der Waals surface area contributed by atoms with Crippen LogP contribution in [0.5, 0.6) is 0 Å². The standard InChI is InChI=1S/C20H23N3O2/c1-13-3-7-16(19-21-9-2-10-22-19)17(11-13)20(25)23-15-5-4-14(12-24)18(23)8-6-15/h2-3,7,9-11,14-15,18,24H,4-6,8,12H2,1H3. The van der Waals surface area contributed by atoms with Crippen LogP contribution < -0.4 is 0 Å². The number of hydrogen-bond donors (Lipinski definition) is 1. The zero-order valence-corrected chi connectivity index (χ0v) is 14.4. The number of benzene rings is 1. The van der Waals surface area contributed by atoms with Crippen LogP contribution >= 0.6 is 0 Å². The van der Waals surface area contributed by atoms with E-state index in [1.807, 2.05) is 30.0 Å². The second kappa shape index (κ2) is 6.56. The smallest absolute Gasteiger partial charge is 0.255 e. The van der Waals surface area contributed by atoms with Crippen LogP contribution in [-0.4, -0.2) is 44.6 Å². The molecule has 4 rings (SSSR count). The molecule has 0 spiro atoms. The summed E-state index contributed by atoms with van der Waals surface area (Å²) in [6.07, 6.45) is 7.42. The Balaban J connectivity index is 1.74. The fourth-order valence-corrected chi connectivity index (χ4v) is 4.39. The number of piperidine rings is 1. The minimum Gasteiger partial charge on any atom is -0.396 e. The molecular formula is C20H23N3O2. The largest absolute Gasteiger partial charge is 0.396 e. The summed E-state index contributed by atoms with van der Waals surface area (Å²) in [5, 5.41) is 9.70. The van der Waals surface area contributed by atoms with Gasteiger partial charge in [0.25, 0.3) is 5.91 Å². The fourth-order valence-electron chi connectivity index (χ4n) is 4.39. The summed E-state index contributed by atoms with van der Waals surface area (Å²) in [5.74, 6) is 0.828. The lowest BCUT2D eigenvalue weighted by Crippen LogP contribution is -2.49. The topological polar surface area (TPSA) is 66.3 Å². The monoisotopic (exact) mass is 337 g/mol. The van der Waals surface area contributed by atoms with Gasteiger partial charge in [0, 0.05) is 42.6 Å². The Hall–Kier alpha value is -2.27. The maximum atomic E-state index is 13.5. The van der Waals surface area contributed by atoms with Gasteiger partial charge in [-0.15, -0.1) is 0 Å². The molecule has 1 aromatic carbocycles. The van der Waals surface area contributed by atoms with Crippen molar-refractivity contribution in [1.82, 2.24) is 14.9 Å². The third-order valence-corrected chi connectivity index (χ3v) is 5.64. The number of aromatic nitrogens is 2. The van der Waals surface area contributed by atoms with Crippen LogP contribution in [0.1, 0.15) is 41.6 Å². The van der Waals surface area contributed by atoms with Gasteiger partial charge in [0.1, 0.15) is 0 Å². The molecule has 1 amide bonds. The SMILES string of the molecule is Cc1ccc(-c2ncccn2)c(C(=O)N2C3CCC(CO)C2CC3)c1. The molecule has 3 heterocycles. The molecule has 5 heteroatoms. The molecule has 2 aliphatic rings. The van der Waals surface area contributed by atoms with Gasteiger partial charge in [0.15, 0.2) is 5.82 Å². The van der Waals surface area contributed by atoms with Crippen LogP contribution in [0.4, 0.5) is 0 Å². The maximum Gasteiger partial charge on any atom is 0.255 e. The quantitative estimate of drug-likeness (QED) is 0.935. The van der Waals surface area contributed by atoms with Crippen molar-refractivity contribution in [2.45, 2.75) is 44.7 Å². The summed E-state index contributed by atoms with van der Waals surface area (Å²) in [6, 6.07) is 8.09. The first kappa shape index (κ1) is 16.2. The predicted molar refractivity (Wildman–Crippen MR) is 95.0 cm³/mol. The average molecular weight is 337 g/mol. The number of fused-ring (bicyclic) bond motifs is 2. The van der Waals surface area contributed by atoms with Crippen LogP contribution in [0.3, 0.4) is 0 Å². The summed E-state index contributed by atoms with van der Waals surface area (Å²) in [7, 11) is 0. The molecule has 3 atom stereocenters. The van der Waals surface area contributed by atoms with E-state index in [2.05, 4.69) is 9.97 Å². The molecule has 2 aliphatic heterocycles. The molecule has 3 unspecified atom stereocenters. The minimum atomic E-state index is 0.0526. The van der Waals surface area contributed by atoms with E-state index in [9.17, 15) is 9.90 Å². The Labute approximate surface area is 147 Å². The first-order valence-corrected chi connectivity index (χ1v) is 9.00. The normalized spacial score (nSPS) is 25.2. The Bertz CT molecular complexity index is 778. The lowest BCUT2D eigenvalue weighted by molar-refractivity contribution is 0.0384. The van der Waals surface area contributed by atoms with E-state index in [0.717, 1.165) is 36.8 Å². The third kappa shape index (κ3) is 2.82. The number of carbonyl (C=O) groups excluding carboxylic acids is 1. The molecule has 2 aromatic rings. The molecule has 1 N–H and O–H groups in total. The number of nitrogens with zero attached hydrogens (tertiary/aromatic N) is 3. The lowest BCUT2D eigenvalue weighted by atomic mass is 9.89. The van der Waals surface area contributed by atoms with Crippen LogP contribution in [0.2, 0.25) is 0 Å². The molecule has 1 aromatic heterocycles. The molecule has 25 heavy (non-hydrogen) atoms. The van der Waals surface area contributed by atoms with E-state index in [1.54, 1.807) is 18.5 Å². The molecule has 0 aliphatic carbocycles. The van der Waals surface area contributed by atoms with E-state index in [-0.39, 0.29) is 24.5 Å². The molecule has 2 fully saturated rings. The number of hydrogen-bond acceptors (Lipinski definition) is 4. The average Bonchev–Trinajstić information content (AvgIpc) is 2.95. The number of aliphatic hydroxyl groups excluding tert-OH is 1. The van der Waals surface area contributed by atoms with E-state index >= 15 is 0 Å². The van der Waals surface area contributed by atoms with Crippen molar-refractivity contribution in [3.05, 3.63) is 47.8 Å². The Kier molecular flexibility index (Phi) is 4.25. The zero-order valence-electron chi connectivity index (χ0n) is 14.4. The molecule has 2 bridgehead atoms. The van der Waals surface area contributed by atoms with Crippen molar-refractivity contribution in [3.8, 4) is 11.4 Å². The van der Waals surface area contributed by atoms with Gasteiger partial charge in [-0.1, -0.05) is 17.7 Å². The number of amides is 1. The molecule has 5 nitrogen and oxygen atoms in total. The van der Waals surface area contributed by atoms with Gasteiger partial charge < -0.3 is 10.0 Å². The predicted octanol–water partition coefficient (Wildman–Crippen LogP) is 2.83. The van der Waals surface area contributed by atoms with E-state index in [1.165, 1.54) is 0 Å². The highest BCUT2D eigenvalue weighted by Crippen LogP contribution is 2.40. The maximum absolute atomic E-state index is 13.5. The van der Waals surface area contributed by atoms with Gasteiger partial charge in [-0.3, -0.25) is 4.79 Å². The first-order valence-electron chi connectivity index (χ1n) is 9.00. The fraction of sp³-hybridized carbons (Fsp3) is 0.450.